The Labute approximate surface area is 562 Å². The van der Waals surface area contributed by atoms with Gasteiger partial charge in [-0.2, -0.15) is 0 Å². The summed E-state index contributed by atoms with van der Waals surface area (Å²) < 4.78 is 68.4. The van der Waals surface area contributed by atoms with Crippen molar-refractivity contribution in [1.29, 1.82) is 0 Å². The minimum absolute atomic E-state index is 0.105. The van der Waals surface area contributed by atoms with Crippen LogP contribution in [0.15, 0.2) is 0 Å². The summed E-state index contributed by atoms with van der Waals surface area (Å²) in [6, 6.07) is 0. The highest BCUT2D eigenvalue weighted by Gasteiger charge is 2.30. The zero-order valence-electron chi connectivity index (χ0n) is 60.2. The van der Waals surface area contributed by atoms with Gasteiger partial charge in [0.2, 0.25) is 0 Å². The van der Waals surface area contributed by atoms with Crippen LogP contribution in [-0.4, -0.2) is 96.7 Å². The Kier molecular flexibility index (Phi) is 61.3. The quantitative estimate of drug-likeness (QED) is 0.0222. The van der Waals surface area contributed by atoms with Gasteiger partial charge in [-0.05, 0) is 49.4 Å². The maximum absolute atomic E-state index is 13.0. The maximum Gasteiger partial charge on any atom is 0.472 e. The van der Waals surface area contributed by atoms with Gasteiger partial charge in [-0.15, -0.1) is 0 Å². The van der Waals surface area contributed by atoms with Gasteiger partial charge in [0.15, 0.2) is 12.2 Å². The van der Waals surface area contributed by atoms with Crippen LogP contribution in [-0.2, 0) is 65.4 Å². The van der Waals surface area contributed by atoms with E-state index in [4.69, 9.17) is 37.0 Å². The summed E-state index contributed by atoms with van der Waals surface area (Å²) in [5.41, 5.74) is 0. The Morgan fingerprint density at radius 3 is 0.772 bits per heavy atom. The maximum atomic E-state index is 13.0. The van der Waals surface area contributed by atoms with E-state index in [0.29, 0.717) is 31.6 Å². The minimum Gasteiger partial charge on any atom is -0.462 e. The van der Waals surface area contributed by atoms with Crippen LogP contribution in [0, 0.1) is 23.7 Å². The van der Waals surface area contributed by atoms with Crippen LogP contribution in [0.25, 0.3) is 0 Å². The Bertz CT molecular complexity index is 1820. The Morgan fingerprint density at radius 1 is 0.304 bits per heavy atom. The molecule has 0 bridgehead atoms. The van der Waals surface area contributed by atoms with Gasteiger partial charge in [-0.25, -0.2) is 9.13 Å². The van der Waals surface area contributed by atoms with Crippen LogP contribution in [0.1, 0.15) is 364 Å². The van der Waals surface area contributed by atoms with Crippen molar-refractivity contribution >= 4 is 39.5 Å². The molecule has 6 atom stereocenters. The summed E-state index contributed by atoms with van der Waals surface area (Å²) in [5, 5.41) is 10.6. The molecule has 92 heavy (non-hydrogen) atoms. The number of rotatable bonds is 70. The van der Waals surface area contributed by atoms with Gasteiger partial charge in [-0.1, -0.05) is 312 Å². The first-order valence-electron chi connectivity index (χ1n) is 37.7. The zero-order chi connectivity index (χ0) is 68.2. The van der Waals surface area contributed by atoms with E-state index in [0.717, 1.165) is 114 Å². The van der Waals surface area contributed by atoms with Crippen LogP contribution in [0.5, 0.6) is 0 Å². The summed E-state index contributed by atoms with van der Waals surface area (Å²) in [5.74, 6) is 0.884. The SMILES string of the molecule is CCC(C)CCCCCCCCCCC(=O)OC[C@H](COP(=O)(O)OCC(O)COP(=O)(O)OC[C@@H](COC(=O)CCCCCCCCC(C)C)OC(=O)CCCCCCCCCCCCCCCCCC(C)C)OC(=O)CCCCCCCCCCCCC(C)C. The molecule has 4 unspecified atom stereocenters. The van der Waals surface area contributed by atoms with E-state index in [9.17, 15) is 43.2 Å². The van der Waals surface area contributed by atoms with E-state index in [2.05, 4.69) is 55.4 Å². The third-order valence-electron chi connectivity index (χ3n) is 17.2. The second kappa shape index (κ2) is 62.6. The molecule has 0 heterocycles. The fraction of sp³-hybridized carbons (Fsp3) is 0.945. The first-order chi connectivity index (χ1) is 44.1. The lowest BCUT2D eigenvalue weighted by atomic mass is 9.99. The molecule has 546 valence electrons. The van der Waals surface area contributed by atoms with Gasteiger partial charge in [-0.3, -0.25) is 37.3 Å². The highest BCUT2D eigenvalue weighted by molar-refractivity contribution is 7.47. The van der Waals surface area contributed by atoms with Crippen molar-refractivity contribution in [3.63, 3.8) is 0 Å². The molecular weight excluding hydrogens is 1210 g/mol. The van der Waals surface area contributed by atoms with Gasteiger partial charge < -0.3 is 33.8 Å². The zero-order valence-corrected chi connectivity index (χ0v) is 62.0. The summed E-state index contributed by atoms with van der Waals surface area (Å²) >= 11 is 0. The molecule has 0 aromatic heterocycles. The second-order valence-corrected chi connectivity index (χ2v) is 30.9. The molecule has 3 N–H and O–H groups in total. The first-order valence-corrected chi connectivity index (χ1v) is 40.7. The van der Waals surface area contributed by atoms with Crippen LogP contribution < -0.4 is 0 Å². The molecule has 0 rings (SSSR count). The number of hydrogen-bond donors (Lipinski definition) is 3. The van der Waals surface area contributed by atoms with E-state index in [1.807, 2.05) is 0 Å². The number of esters is 4. The molecule has 17 nitrogen and oxygen atoms in total. The molecule has 0 aliphatic heterocycles. The van der Waals surface area contributed by atoms with Crippen molar-refractivity contribution in [3.8, 4) is 0 Å². The lowest BCUT2D eigenvalue weighted by Crippen LogP contribution is -2.30. The van der Waals surface area contributed by atoms with Crippen LogP contribution in [0.3, 0.4) is 0 Å². The number of ether oxygens (including phenoxy) is 4. The predicted octanol–water partition coefficient (Wildman–Crippen LogP) is 20.9. The molecule has 0 saturated carbocycles. The van der Waals surface area contributed by atoms with Crippen molar-refractivity contribution in [2.24, 2.45) is 23.7 Å². The molecule has 0 saturated heterocycles. The summed E-state index contributed by atoms with van der Waals surface area (Å²) in [7, 11) is -9.91. The molecule has 0 spiro atoms. The summed E-state index contributed by atoms with van der Waals surface area (Å²) in [6.45, 7) is 14.1. The Hall–Kier alpha value is -1.94. The van der Waals surface area contributed by atoms with Crippen molar-refractivity contribution < 1.29 is 80.2 Å². The summed E-state index contributed by atoms with van der Waals surface area (Å²) in [6.07, 6.45) is 45.9. The number of carbonyl (C=O) groups excluding carboxylic acids is 4. The van der Waals surface area contributed by atoms with Gasteiger partial charge in [0.25, 0.3) is 0 Å². The standard InChI is InChI=1S/C73H142O17P2/c1-9-66(8)52-44-36-27-23-24-28-37-45-53-70(75)83-59-68(89-73(78)56-48-40-30-22-18-17-20-26-34-42-50-64(4)5)61-87-91(79,80)85-57-67(74)58-86-92(81,82)88-62-69(60-84-71(76)54-46-38-32-31-35-43-51-65(6)7)90-72(77)55-47-39-29-21-16-14-12-10-11-13-15-19-25-33-41-49-63(2)3/h63-69,74H,9-62H2,1-8H3,(H,79,80)(H,81,82)/t66?,67?,68-,69-/m1/s1. The van der Waals surface area contributed by atoms with Gasteiger partial charge in [0.1, 0.15) is 19.3 Å². The van der Waals surface area contributed by atoms with E-state index < -0.39 is 97.5 Å². The average molecular weight is 1350 g/mol. The molecule has 0 aromatic rings. The van der Waals surface area contributed by atoms with Crippen LogP contribution >= 0.6 is 15.6 Å². The third-order valence-corrected chi connectivity index (χ3v) is 19.1. The Morgan fingerprint density at radius 2 is 0.522 bits per heavy atom. The number of aliphatic hydroxyl groups excluding tert-OH is 1. The number of unbranched alkanes of at least 4 members (excludes halogenated alkanes) is 35. The molecule has 0 aliphatic rings. The predicted molar refractivity (Wildman–Crippen MR) is 372 cm³/mol. The minimum atomic E-state index is -4.95. The van der Waals surface area contributed by atoms with E-state index in [1.54, 1.807) is 0 Å². The van der Waals surface area contributed by atoms with Crippen molar-refractivity contribution in [1.82, 2.24) is 0 Å². The first kappa shape index (κ1) is 90.1. The third kappa shape index (κ3) is 65.4. The second-order valence-electron chi connectivity index (χ2n) is 28.0. The number of carbonyl (C=O) groups is 4. The number of aliphatic hydroxyl groups is 1. The average Bonchev–Trinajstić information content (AvgIpc) is 1.80. The molecule has 0 amide bonds. The molecule has 0 fully saturated rings. The van der Waals surface area contributed by atoms with E-state index in [1.165, 1.54) is 161 Å². The molecule has 19 heteroatoms. The van der Waals surface area contributed by atoms with Gasteiger partial charge in [0.05, 0.1) is 26.4 Å². The largest absolute Gasteiger partial charge is 0.472 e. The lowest BCUT2D eigenvalue weighted by molar-refractivity contribution is -0.161. The monoisotopic (exact) mass is 1350 g/mol. The topological polar surface area (TPSA) is 237 Å². The van der Waals surface area contributed by atoms with Crippen LogP contribution in [0.4, 0.5) is 0 Å². The fourth-order valence-corrected chi connectivity index (χ4v) is 12.6. The molecule has 0 aromatic carbocycles. The highest BCUT2D eigenvalue weighted by atomic mass is 31.2. The van der Waals surface area contributed by atoms with Crippen LogP contribution in [0.2, 0.25) is 0 Å². The Balaban J connectivity index is 5.22. The van der Waals surface area contributed by atoms with Gasteiger partial charge in [0, 0.05) is 25.7 Å². The molecular formula is C73H142O17P2. The number of hydrogen-bond acceptors (Lipinski definition) is 15. The highest BCUT2D eigenvalue weighted by Crippen LogP contribution is 2.45. The number of phosphoric ester groups is 2. The van der Waals surface area contributed by atoms with Crippen molar-refractivity contribution in [3.05, 3.63) is 0 Å². The van der Waals surface area contributed by atoms with Gasteiger partial charge >= 0.3 is 39.5 Å². The number of phosphoric acid groups is 2. The normalized spacial score (nSPS) is 14.5. The smallest absolute Gasteiger partial charge is 0.462 e. The fourth-order valence-electron chi connectivity index (χ4n) is 11.0. The lowest BCUT2D eigenvalue weighted by Gasteiger charge is -2.21. The van der Waals surface area contributed by atoms with E-state index in [-0.39, 0.29) is 25.7 Å². The molecule has 0 aliphatic carbocycles. The molecule has 0 radical (unpaired) electrons. The van der Waals surface area contributed by atoms with E-state index >= 15 is 0 Å². The van der Waals surface area contributed by atoms with Crippen molar-refractivity contribution in [2.75, 3.05) is 39.6 Å². The van der Waals surface area contributed by atoms with Crippen molar-refractivity contribution in [2.45, 2.75) is 382 Å². The summed E-state index contributed by atoms with van der Waals surface area (Å²) in [4.78, 5) is 72.6.